The minimum absolute atomic E-state index is 0.0180. The van der Waals surface area contributed by atoms with Crippen LogP contribution in [0.1, 0.15) is 48.7 Å². The highest BCUT2D eigenvalue weighted by Gasteiger charge is 2.34. The number of allylic oxidation sites excluding steroid dienone is 1. The highest BCUT2D eigenvalue weighted by atomic mass is 16.3. The largest absolute Gasteiger partial charge is 0.506 e. The monoisotopic (exact) mass is 421 g/mol. The van der Waals surface area contributed by atoms with Gasteiger partial charge in [-0.05, 0) is 55.3 Å². The van der Waals surface area contributed by atoms with E-state index in [2.05, 4.69) is 4.98 Å². The second-order valence-electron chi connectivity index (χ2n) is 7.99. The summed E-state index contributed by atoms with van der Waals surface area (Å²) in [6.45, 7) is 3.92. The summed E-state index contributed by atoms with van der Waals surface area (Å²) in [6.07, 6.45) is 0. The Morgan fingerprint density at radius 3 is 2.31 bits per heavy atom. The van der Waals surface area contributed by atoms with Crippen LogP contribution in [-0.2, 0) is 0 Å². The fourth-order valence-electron chi connectivity index (χ4n) is 4.01. The lowest BCUT2D eigenvalue weighted by molar-refractivity contribution is 0.103. The molecular weight excluding hydrogens is 402 g/mol. The Hall–Kier alpha value is -4.25. The summed E-state index contributed by atoms with van der Waals surface area (Å²) in [5.74, 6) is -1.13. The molecule has 5 nitrogen and oxygen atoms in total. The van der Waals surface area contributed by atoms with Crippen LogP contribution in [0, 0.1) is 13.8 Å². The quantitative estimate of drug-likeness (QED) is 0.432. The number of hydrogen-bond acceptors (Lipinski definition) is 5. The molecule has 1 aliphatic rings. The lowest BCUT2D eigenvalue weighted by Crippen LogP contribution is -2.04. The standard InChI is InChI=1S/C27H19NO4/c1-14-7-8-17(11-15(14)2)25(30)18-9-10-19-20(12-18)27(32)23(26(19)31)24-22(29)13-16-5-3-4-6-21(16)28-24/h3-13,29,32H,1-2H3. The number of benzene rings is 3. The van der Waals surface area contributed by atoms with Gasteiger partial charge in [-0.2, -0.15) is 0 Å². The Morgan fingerprint density at radius 1 is 0.812 bits per heavy atom. The maximum Gasteiger partial charge on any atom is 0.199 e. The molecule has 0 aliphatic heterocycles. The molecule has 1 aliphatic carbocycles. The Kier molecular flexibility index (Phi) is 4.41. The zero-order valence-corrected chi connectivity index (χ0v) is 17.5. The number of para-hydroxylation sites is 1. The molecule has 1 heterocycles. The predicted molar refractivity (Wildman–Crippen MR) is 123 cm³/mol. The number of Topliss-reactive ketones (excluding diaryl/α,β-unsaturated/α-hetero) is 1. The van der Waals surface area contributed by atoms with Gasteiger partial charge in [-0.25, -0.2) is 4.98 Å². The van der Waals surface area contributed by atoms with Crippen LogP contribution in [0.15, 0.2) is 66.7 Å². The van der Waals surface area contributed by atoms with Gasteiger partial charge in [0, 0.05) is 27.6 Å². The van der Waals surface area contributed by atoms with E-state index in [4.69, 9.17) is 0 Å². The Bertz CT molecular complexity index is 1500. The van der Waals surface area contributed by atoms with Crippen LogP contribution < -0.4 is 0 Å². The van der Waals surface area contributed by atoms with Crippen molar-refractivity contribution < 1.29 is 19.8 Å². The summed E-state index contributed by atoms with van der Waals surface area (Å²) in [6, 6.07) is 18.8. The summed E-state index contributed by atoms with van der Waals surface area (Å²) in [5, 5.41) is 22.1. The molecule has 32 heavy (non-hydrogen) atoms. The number of nitrogens with zero attached hydrogens (tertiary/aromatic N) is 1. The molecule has 0 fully saturated rings. The average molecular weight is 421 g/mol. The SMILES string of the molecule is Cc1ccc(C(=O)c2ccc3c(c2)C(O)=C(c2nc4ccccc4cc2O)C3=O)cc1C. The number of aryl methyl sites for hydroxylation is 2. The zero-order chi connectivity index (χ0) is 22.6. The average Bonchev–Trinajstić information content (AvgIpc) is 3.04. The number of rotatable bonds is 3. The first-order chi connectivity index (χ1) is 15.3. The fourth-order valence-corrected chi connectivity index (χ4v) is 4.01. The lowest BCUT2D eigenvalue weighted by atomic mass is 9.96. The van der Waals surface area contributed by atoms with E-state index in [1.54, 1.807) is 30.3 Å². The molecule has 0 spiro atoms. The van der Waals surface area contributed by atoms with Crippen molar-refractivity contribution in [1.29, 1.82) is 0 Å². The number of carbonyl (C=O) groups is 2. The van der Waals surface area contributed by atoms with Gasteiger partial charge in [0.05, 0.1) is 11.1 Å². The van der Waals surface area contributed by atoms with Crippen LogP contribution in [0.5, 0.6) is 5.75 Å². The van der Waals surface area contributed by atoms with Crippen LogP contribution in [-0.4, -0.2) is 26.8 Å². The van der Waals surface area contributed by atoms with Crippen LogP contribution in [0.3, 0.4) is 0 Å². The van der Waals surface area contributed by atoms with E-state index < -0.39 is 5.78 Å². The van der Waals surface area contributed by atoms with E-state index in [9.17, 15) is 19.8 Å². The number of carbonyl (C=O) groups excluding carboxylic acids is 2. The van der Waals surface area contributed by atoms with Crippen molar-refractivity contribution in [2.45, 2.75) is 13.8 Å². The molecule has 3 aromatic carbocycles. The first kappa shape index (κ1) is 19.7. The smallest absolute Gasteiger partial charge is 0.199 e. The molecule has 0 unspecified atom stereocenters. The molecule has 2 N–H and O–H groups in total. The number of aromatic hydroxyl groups is 1. The molecule has 0 amide bonds. The van der Waals surface area contributed by atoms with E-state index in [0.717, 1.165) is 16.5 Å². The maximum atomic E-state index is 13.1. The summed E-state index contributed by atoms with van der Waals surface area (Å²) in [4.78, 5) is 30.5. The van der Waals surface area contributed by atoms with Crippen LogP contribution in [0.4, 0.5) is 0 Å². The van der Waals surface area contributed by atoms with Crippen molar-refractivity contribution in [1.82, 2.24) is 4.98 Å². The predicted octanol–water partition coefficient (Wildman–Crippen LogP) is 5.41. The van der Waals surface area contributed by atoms with Gasteiger partial charge in [-0.1, -0.05) is 36.4 Å². The fraction of sp³-hybridized carbons (Fsp3) is 0.0741. The first-order valence-electron chi connectivity index (χ1n) is 10.2. The third kappa shape index (κ3) is 2.98. The summed E-state index contributed by atoms with van der Waals surface area (Å²) in [5.41, 5.74) is 4.07. The third-order valence-electron chi connectivity index (χ3n) is 5.96. The number of ketones is 2. The van der Waals surface area contributed by atoms with Gasteiger partial charge in [0.2, 0.25) is 0 Å². The van der Waals surface area contributed by atoms with Crippen molar-refractivity contribution in [2.75, 3.05) is 0 Å². The number of aromatic nitrogens is 1. The molecular formula is C27H19NO4. The van der Waals surface area contributed by atoms with Crippen molar-refractivity contribution in [3.63, 3.8) is 0 Å². The lowest BCUT2D eigenvalue weighted by Gasteiger charge is -2.07. The van der Waals surface area contributed by atoms with E-state index in [1.807, 2.05) is 32.0 Å². The third-order valence-corrected chi connectivity index (χ3v) is 5.96. The highest BCUT2D eigenvalue weighted by Crippen LogP contribution is 2.40. The number of pyridine rings is 1. The van der Waals surface area contributed by atoms with Crippen LogP contribution in [0.2, 0.25) is 0 Å². The molecule has 156 valence electrons. The van der Waals surface area contributed by atoms with Crippen LogP contribution >= 0.6 is 0 Å². The van der Waals surface area contributed by atoms with Gasteiger partial charge in [0.15, 0.2) is 11.6 Å². The maximum absolute atomic E-state index is 13.1. The minimum atomic E-state index is -0.444. The van der Waals surface area contributed by atoms with Crippen molar-refractivity contribution in [2.24, 2.45) is 0 Å². The molecule has 0 bridgehead atoms. The van der Waals surface area contributed by atoms with Crippen molar-refractivity contribution in [3.8, 4) is 5.75 Å². The molecule has 5 rings (SSSR count). The molecule has 0 radical (unpaired) electrons. The normalized spacial score (nSPS) is 13.0. The van der Waals surface area contributed by atoms with Crippen molar-refractivity contribution >= 4 is 33.8 Å². The number of hydrogen-bond donors (Lipinski definition) is 2. The number of fused-ring (bicyclic) bond motifs is 2. The summed E-state index contributed by atoms with van der Waals surface area (Å²) in [7, 11) is 0. The van der Waals surface area contributed by atoms with Gasteiger partial charge in [0.1, 0.15) is 17.2 Å². The molecule has 0 saturated heterocycles. The molecule has 4 aromatic rings. The number of aliphatic hydroxyl groups is 1. The van der Waals surface area contributed by atoms with Gasteiger partial charge >= 0.3 is 0 Å². The van der Waals surface area contributed by atoms with Gasteiger partial charge in [0.25, 0.3) is 0 Å². The van der Waals surface area contributed by atoms with E-state index in [0.29, 0.717) is 16.6 Å². The summed E-state index contributed by atoms with van der Waals surface area (Å²) < 4.78 is 0. The Morgan fingerprint density at radius 2 is 1.53 bits per heavy atom. The van der Waals surface area contributed by atoms with Gasteiger partial charge in [-0.15, -0.1) is 0 Å². The minimum Gasteiger partial charge on any atom is -0.506 e. The Labute approximate surface area is 184 Å². The van der Waals surface area contributed by atoms with Gasteiger partial charge < -0.3 is 10.2 Å². The number of aliphatic hydroxyl groups excluding tert-OH is 1. The van der Waals surface area contributed by atoms with Gasteiger partial charge in [-0.3, -0.25) is 9.59 Å². The highest BCUT2D eigenvalue weighted by molar-refractivity contribution is 6.39. The summed E-state index contributed by atoms with van der Waals surface area (Å²) >= 11 is 0. The Balaban J connectivity index is 1.61. The zero-order valence-electron chi connectivity index (χ0n) is 17.5. The van der Waals surface area contributed by atoms with Crippen LogP contribution in [0.25, 0.3) is 22.2 Å². The van der Waals surface area contributed by atoms with E-state index in [-0.39, 0.29) is 39.7 Å². The molecule has 0 atom stereocenters. The van der Waals surface area contributed by atoms with Crippen molar-refractivity contribution in [3.05, 3.63) is 106 Å². The van der Waals surface area contributed by atoms with E-state index in [1.165, 1.54) is 18.2 Å². The topological polar surface area (TPSA) is 87.5 Å². The second kappa shape index (κ2) is 7.17. The van der Waals surface area contributed by atoms with E-state index >= 15 is 0 Å². The molecule has 5 heteroatoms. The first-order valence-corrected chi connectivity index (χ1v) is 10.2. The second-order valence-corrected chi connectivity index (χ2v) is 7.99. The molecule has 0 saturated carbocycles. The molecule has 1 aromatic heterocycles.